The van der Waals surface area contributed by atoms with Crippen LogP contribution in [0.4, 0.5) is 0 Å². The van der Waals surface area contributed by atoms with E-state index in [0.29, 0.717) is 37.8 Å². The van der Waals surface area contributed by atoms with Crippen molar-refractivity contribution in [1.29, 1.82) is 0 Å². The molecule has 8 heteroatoms. The second kappa shape index (κ2) is 7.02. The molecule has 2 amide bonds. The molecule has 8 nitrogen and oxygen atoms in total. The first-order valence-electron chi connectivity index (χ1n) is 8.12. The molecule has 24 heavy (non-hydrogen) atoms. The molecule has 0 unspecified atom stereocenters. The number of carbonyl (C=O) groups excluding carboxylic acids is 2. The standard InChI is InChI=1S/C16H22N4O4/c1-19-9-11(6-15(19)21)16(22)20-5-3-4-12(10-20)24-14-8-17-7-13(18-14)23-2/h7-8,11-12H,3-6,9-10H2,1-2H3/t11-,12-/m0/s1. The average Bonchev–Trinajstić information content (AvgIpc) is 2.93. The summed E-state index contributed by atoms with van der Waals surface area (Å²) in [5, 5.41) is 0. The van der Waals surface area contributed by atoms with E-state index in [4.69, 9.17) is 9.47 Å². The quantitative estimate of drug-likeness (QED) is 0.789. The molecule has 0 saturated carbocycles. The molecule has 1 aromatic rings. The minimum absolute atomic E-state index is 0.0322. The maximum Gasteiger partial charge on any atom is 0.235 e. The van der Waals surface area contributed by atoms with Gasteiger partial charge in [0.25, 0.3) is 0 Å². The lowest BCUT2D eigenvalue weighted by molar-refractivity contribution is -0.138. The Morgan fingerprint density at radius 3 is 2.79 bits per heavy atom. The van der Waals surface area contributed by atoms with Crippen LogP contribution in [-0.4, -0.2) is 71.5 Å². The van der Waals surface area contributed by atoms with Crippen LogP contribution >= 0.6 is 0 Å². The molecule has 0 spiro atoms. The third kappa shape index (κ3) is 3.58. The number of rotatable bonds is 4. The monoisotopic (exact) mass is 334 g/mol. The first kappa shape index (κ1) is 16.5. The minimum atomic E-state index is -0.238. The SMILES string of the molecule is COc1cncc(O[C@H]2CCCN(C(=O)[C@H]3CC(=O)N(C)C3)C2)n1. The molecule has 0 radical (unpaired) electrons. The summed E-state index contributed by atoms with van der Waals surface area (Å²) in [6.07, 6.45) is 4.94. The second-order valence-electron chi connectivity index (χ2n) is 6.24. The van der Waals surface area contributed by atoms with Crippen molar-refractivity contribution >= 4 is 11.8 Å². The Morgan fingerprint density at radius 1 is 1.29 bits per heavy atom. The van der Waals surface area contributed by atoms with Crippen LogP contribution in [-0.2, 0) is 9.59 Å². The van der Waals surface area contributed by atoms with Crippen molar-refractivity contribution in [3.05, 3.63) is 12.4 Å². The summed E-state index contributed by atoms with van der Waals surface area (Å²) in [5.41, 5.74) is 0. The summed E-state index contributed by atoms with van der Waals surface area (Å²) in [5.74, 6) is 0.619. The minimum Gasteiger partial charge on any atom is -0.480 e. The number of hydrogen-bond acceptors (Lipinski definition) is 6. The number of methoxy groups -OCH3 is 1. The van der Waals surface area contributed by atoms with Crippen LogP contribution in [0.25, 0.3) is 0 Å². The molecule has 2 aliphatic heterocycles. The van der Waals surface area contributed by atoms with Crippen molar-refractivity contribution < 1.29 is 19.1 Å². The zero-order valence-corrected chi connectivity index (χ0v) is 14.0. The highest BCUT2D eigenvalue weighted by molar-refractivity contribution is 5.89. The summed E-state index contributed by atoms with van der Waals surface area (Å²) >= 11 is 0. The Morgan fingerprint density at radius 2 is 2.08 bits per heavy atom. The highest BCUT2D eigenvalue weighted by Gasteiger charge is 2.36. The molecule has 130 valence electrons. The number of piperidine rings is 1. The van der Waals surface area contributed by atoms with E-state index in [1.807, 2.05) is 0 Å². The first-order chi connectivity index (χ1) is 11.6. The van der Waals surface area contributed by atoms with Crippen molar-refractivity contribution in [2.24, 2.45) is 5.92 Å². The van der Waals surface area contributed by atoms with Gasteiger partial charge in [-0.05, 0) is 12.8 Å². The van der Waals surface area contributed by atoms with Crippen molar-refractivity contribution in [3.8, 4) is 11.8 Å². The van der Waals surface area contributed by atoms with E-state index in [1.54, 1.807) is 16.8 Å². The Balaban J connectivity index is 1.59. The van der Waals surface area contributed by atoms with E-state index in [2.05, 4.69) is 9.97 Å². The van der Waals surface area contributed by atoms with Gasteiger partial charge in [0.1, 0.15) is 6.10 Å². The van der Waals surface area contributed by atoms with Crippen LogP contribution in [0.5, 0.6) is 11.8 Å². The highest BCUT2D eigenvalue weighted by Crippen LogP contribution is 2.23. The molecule has 3 heterocycles. The predicted octanol–water partition coefficient (Wildman–Crippen LogP) is 0.333. The normalized spacial score (nSPS) is 24.2. The lowest BCUT2D eigenvalue weighted by Gasteiger charge is -2.34. The van der Waals surface area contributed by atoms with Crippen molar-refractivity contribution in [2.75, 3.05) is 33.8 Å². The molecule has 2 fully saturated rings. The van der Waals surface area contributed by atoms with Gasteiger partial charge in [-0.3, -0.25) is 14.6 Å². The molecule has 0 aromatic carbocycles. The number of amides is 2. The largest absolute Gasteiger partial charge is 0.480 e. The zero-order chi connectivity index (χ0) is 17.1. The third-order valence-corrected chi connectivity index (χ3v) is 4.47. The maximum atomic E-state index is 12.6. The topological polar surface area (TPSA) is 84.9 Å². The molecule has 1 aromatic heterocycles. The van der Waals surface area contributed by atoms with Gasteiger partial charge >= 0.3 is 0 Å². The fourth-order valence-electron chi connectivity index (χ4n) is 3.18. The molecule has 2 aliphatic rings. The van der Waals surface area contributed by atoms with Gasteiger partial charge in [0.2, 0.25) is 23.6 Å². The van der Waals surface area contributed by atoms with E-state index in [-0.39, 0.29) is 23.8 Å². The molecule has 2 saturated heterocycles. The van der Waals surface area contributed by atoms with Crippen LogP contribution in [0, 0.1) is 5.92 Å². The Kier molecular flexibility index (Phi) is 4.82. The van der Waals surface area contributed by atoms with Gasteiger partial charge in [0, 0.05) is 26.6 Å². The van der Waals surface area contributed by atoms with Gasteiger partial charge in [-0.2, -0.15) is 4.98 Å². The van der Waals surface area contributed by atoms with E-state index in [0.717, 1.165) is 12.8 Å². The molecule has 0 N–H and O–H groups in total. The number of likely N-dealkylation sites (tertiary alicyclic amines) is 2. The number of carbonyl (C=O) groups is 2. The second-order valence-corrected chi connectivity index (χ2v) is 6.24. The van der Waals surface area contributed by atoms with Crippen LogP contribution < -0.4 is 9.47 Å². The number of nitrogens with zero attached hydrogens (tertiary/aromatic N) is 4. The lowest BCUT2D eigenvalue weighted by atomic mass is 10.0. The molecule has 2 atom stereocenters. The zero-order valence-electron chi connectivity index (χ0n) is 14.0. The van der Waals surface area contributed by atoms with Crippen molar-refractivity contribution in [2.45, 2.75) is 25.4 Å². The van der Waals surface area contributed by atoms with Gasteiger partial charge in [0.05, 0.1) is 32.0 Å². The fraction of sp³-hybridized carbons (Fsp3) is 0.625. The van der Waals surface area contributed by atoms with Gasteiger partial charge in [-0.25, -0.2) is 0 Å². The van der Waals surface area contributed by atoms with Crippen LogP contribution in [0.15, 0.2) is 12.4 Å². The van der Waals surface area contributed by atoms with E-state index >= 15 is 0 Å². The summed E-state index contributed by atoms with van der Waals surface area (Å²) in [7, 11) is 3.26. The first-order valence-corrected chi connectivity index (χ1v) is 8.12. The fourth-order valence-corrected chi connectivity index (χ4v) is 3.18. The van der Waals surface area contributed by atoms with Crippen LogP contribution in [0.1, 0.15) is 19.3 Å². The summed E-state index contributed by atoms with van der Waals surface area (Å²) in [4.78, 5) is 35.9. The average molecular weight is 334 g/mol. The molecule has 0 bridgehead atoms. The van der Waals surface area contributed by atoms with E-state index in [1.165, 1.54) is 19.5 Å². The Labute approximate surface area is 140 Å². The van der Waals surface area contributed by atoms with Gasteiger partial charge in [-0.1, -0.05) is 0 Å². The van der Waals surface area contributed by atoms with Crippen molar-refractivity contribution in [3.63, 3.8) is 0 Å². The molecule has 3 rings (SSSR count). The van der Waals surface area contributed by atoms with E-state index in [9.17, 15) is 9.59 Å². The maximum absolute atomic E-state index is 12.6. The van der Waals surface area contributed by atoms with Gasteiger partial charge < -0.3 is 19.3 Å². The van der Waals surface area contributed by atoms with Crippen LogP contribution in [0.2, 0.25) is 0 Å². The molecule has 0 aliphatic carbocycles. The smallest absolute Gasteiger partial charge is 0.235 e. The highest BCUT2D eigenvalue weighted by atomic mass is 16.5. The summed E-state index contributed by atoms with van der Waals surface area (Å²) < 4.78 is 10.9. The lowest BCUT2D eigenvalue weighted by Crippen LogP contribution is -2.47. The molecular weight excluding hydrogens is 312 g/mol. The summed E-state index contributed by atoms with van der Waals surface area (Å²) in [6, 6.07) is 0. The Bertz CT molecular complexity index is 624. The van der Waals surface area contributed by atoms with Gasteiger partial charge in [-0.15, -0.1) is 0 Å². The van der Waals surface area contributed by atoms with Crippen molar-refractivity contribution in [1.82, 2.24) is 19.8 Å². The number of ether oxygens (including phenoxy) is 2. The third-order valence-electron chi connectivity index (χ3n) is 4.47. The van der Waals surface area contributed by atoms with Crippen LogP contribution in [0.3, 0.4) is 0 Å². The van der Waals surface area contributed by atoms with Gasteiger partial charge in [0.15, 0.2) is 0 Å². The Hall–Kier alpha value is -2.38. The van der Waals surface area contributed by atoms with E-state index < -0.39 is 0 Å². The molecular formula is C16H22N4O4. The number of aromatic nitrogens is 2. The predicted molar refractivity (Wildman–Crippen MR) is 84.6 cm³/mol. The number of hydrogen-bond donors (Lipinski definition) is 0. The summed E-state index contributed by atoms with van der Waals surface area (Å²) in [6.45, 7) is 1.71.